The van der Waals surface area contributed by atoms with Crippen molar-refractivity contribution in [2.45, 2.75) is 38.1 Å². The molecule has 3 unspecified atom stereocenters. The second-order valence-electron chi connectivity index (χ2n) is 6.62. The number of alkyl halides is 3. The van der Waals surface area contributed by atoms with E-state index >= 15 is 0 Å². The number of carbonyl (C=O) groups excluding carboxylic acids is 1. The smallest absolute Gasteiger partial charge is 0.406 e. The lowest BCUT2D eigenvalue weighted by Gasteiger charge is -2.19. The highest BCUT2D eigenvalue weighted by molar-refractivity contribution is 5.85. The van der Waals surface area contributed by atoms with Crippen LogP contribution in [-0.4, -0.2) is 36.3 Å². The highest BCUT2D eigenvalue weighted by atomic mass is 35.5. The van der Waals surface area contributed by atoms with Gasteiger partial charge in [-0.05, 0) is 42.7 Å². The number of carbonyl (C=O) groups is 1. The minimum atomic E-state index is -4.73. The van der Waals surface area contributed by atoms with Crippen LogP contribution < -0.4 is 10.5 Å². The van der Waals surface area contributed by atoms with E-state index < -0.39 is 6.36 Å². The fraction of sp³-hybridized carbons (Fsp3) is 0.588. The third-order valence-electron chi connectivity index (χ3n) is 5.07. The highest BCUT2D eigenvalue weighted by Crippen LogP contribution is 2.37. The van der Waals surface area contributed by atoms with Gasteiger partial charge in [0.05, 0.1) is 0 Å². The Morgan fingerprint density at radius 1 is 1.24 bits per heavy atom. The normalized spacial score (nSPS) is 25.4. The van der Waals surface area contributed by atoms with Gasteiger partial charge in [0.1, 0.15) is 5.75 Å². The zero-order valence-electron chi connectivity index (χ0n) is 13.7. The molecule has 140 valence electrons. The SMILES string of the molecule is Cl.NC1CCC2CN(C(=O)CCc3ccccc3OC(F)(F)F)CC12. The molecule has 1 saturated heterocycles. The minimum Gasteiger partial charge on any atom is -0.406 e. The molecule has 1 aromatic rings. The molecule has 1 heterocycles. The number of nitrogens with zero attached hydrogens (tertiary/aromatic N) is 1. The molecular formula is C17H22ClF3N2O2. The van der Waals surface area contributed by atoms with Crippen LogP contribution in [0, 0.1) is 11.8 Å². The average molecular weight is 379 g/mol. The lowest BCUT2D eigenvalue weighted by Crippen LogP contribution is -2.33. The standard InChI is InChI=1S/C17H21F3N2O2.ClH/c18-17(19,20)24-15-4-2-1-3-11(15)6-8-16(23)22-9-12-5-7-14(21)13(12)10-22;/h1-4,12-14H,5-10,21H2;1H. The van der Waals surface area contributed by atoms with Crippen LogP contribution in [0.1, 0.15) is 24.8 Å². The van der Waals surface area contributed by atoms with Crippen molar-refractivity contribution in [3.8, 4) is 5.75 Å². The Morgan fingerprint density at radius 3 is 2.64 bits per heavy atom. The molecule has 0 aromatic heterocycles. The summed E-state index contributed by atoms with van der Waals surface area (Å²) in [5.74, 6) is 0.580. The Kier molecular flexibility index (Phi) is 6.21. The molecule has 2 N–H and O–H groups in total. The average Bonchev–Trinajstić information content (AvgIpc) is 3.07. The number of halogens is 4. The summed E-state index contributed by atoms with van der Waals surface area (Å²) in [4.78, 5) is 14.2. The molecule has 1 saturated carbocycles. The van der Waals surface area contributed by atoms with Gasteiger partial charge in [0.15, 0.2) is 0 Å². The maximum Gasteiger partial charge on any atom is 0.573 e. The number of likely N-dealkylation sites (tertiary alicyclic amines) is 1. The van der Waals surface area contributed by atoms with E-state index in [0.717, 1.165) is 19.4 Å². The summed E-state index contributed by atoms with van der Waals surface area (Å²) < 4.78 is 41.3. The van der Waals surface area contributed by atoms with Crippen LogP contribution in [0.5, 0.6) is 5.75 Å². The molecule has 1 aromatic carbocycles. The van der Waals surface area contributed by atoms with Crippen molar-refractivity contribution < 1.29 is 22.7 Å². The van der Waals surface area contributed by atoms with Crippen molar-refractivity contribution in [2.75, 3.05) is 13.1 Å². The minimum absolute atomic E-state index is 0. The largest absolute Gasteiger partial charge is 0.573 e. The van der Waals surface area contributed by atoms with Crippen molar-refractivity contribution in [1.29, 1.82) is 0 Å². The number of para-hydroxylation sites is 1. The van der Waals surface area contributed by atoms with Crippen LogP contribution in [-0.2, 0) is 11.2 Å². The molecule has 3 rings (SSSR count). The summed E-state index contributed by atoms with van der Waals surface area (Å²) in [6.45, 7) is 1.39. The zero-order valence-corrected chi connectivity index (χ0v) is 14.5. The van der Waals surface area contributed by atoms with Gasteiger partial charge in [-0.3, -0.25) is 4.79 Å². The summed E-state index contributed by atoms with van der Waals surface area (Å²) in [6.07, 6.45) is -2.27. The first-order chi connectivity index (χ1) is 11.3. The van der Waals surface area contributed by atoms with E-state index in [2.05, 4.69) is 4.74 Å². The highest BCUT2D eigenvalue weighted by Gasteiger charge is 2.42. The van der Waals surface area contributed by atoms with Gasteiger partial charge < -0.3 is 15.4 Å². The Hall–Kier alpha value is -1.47. The molecule has 0 bridgehead atoms. The molecule has 1 amide bonds. The van der Waals surface area contributed by atoms with E-state index in [1.165, 1.54) is 12.1 Å². The van der Waals surface area contributed by atoms with Crippen LogP contribution in [0.4, 0.5) is 13.2 Å². The molecular weight excluding hydrogens is 357 g/mol. The number of nitrogens with two attached hydrogens (primary N) is 1. The second kappa shape index (κ2) is 7.83. The van der Waals surface area contributed by atoms with E-state index in [-0.39, 0.29) is 42.9 Å². The Balaban J connectivity index is 0.00000225. The van der Waals surface area contributed by atoms with Gasteiger partial charge in [0, 0.05) is 25.6 Å². The van der Waals surface area contributed by atoms with Crippen LogP contribution in [0.15, 0.2) is 24.3 Å². The summed E-state index contributed by atoms with van der Waals surface area (Å²) in [7, 11) is 0. The predicted molar refractivity (Wildman–Crippen MR) is 89.5 cm³/mol. The van der Waals surface area contributed by atoms with Gasteiger partial charge in [0.25, 0.3) is 0 Å². The van der Waals surface area contributed by atoms with Gasteiger partial charge in [-0.1, -0.05) is 18.2 Å². The van der Waals surface area contributed by atoms with E-state index in [9.17, 15) is 18.0 Å². The fourth-order valence-electron chi connectivity index (χ4n) is 3.85. The molecule has 0 spiro atoms. The van der Waals surface area contributed by atoms with Crippen LogP contribution in [0.3, 0.4) is 0 Å². The van der Waals surface area contributed by atoms with Gasteiger partial charge in [-0.15, -0.1) is 25.6 Å². The molecule has 1 aliphatic carbocycles. The lowest BCUT2D eigenvalue weighted by atomic mass is 9.98. The number of rotatable bonds is 4. The number of benzene rings is 1. The van der Waals surface area contributed by atoms with Crippen LogP contribution >= 0.6 is 12.4 Å². The summed E-state index contributed by atoms with van der Waals surface area (Å²) in [6, 6.07) is 6.11. The first kappa shape index (κ1) is 19.8. The maximum absolute atomic E-state index is 12.4. The van der Waals surface area contributed by atoms with Gasteiger partial charge in [0.2, 0.25) is 5.91 Å². The summed E-state index contributed by atoms with van der Waals surface area (Å²) in [5, 5.41) is 0. The molecule has 3 atom stereocenters. The molecule has 25 heavy (non-hydrogen) atoms. The second-order valence-corrected chi connectivity index (χ2v) is 6.62. The number of hydrogen-bond acceptors (Lipinski definition) is 3. The molecule has 2 aliphatic rings. The predicted octanol–water partition coefficient (Wildman–Crippen LogP) is 3.14. The molecule has 2 fully saturated rings. The van der Waals surface area contributed by atoms with Gasteiger partial charge >= 0.3 is 6.36 Å². The van der Waals surface area contributed by atoms with Gasteiger partial charge in [-0.2, -0.15) is 0 Å². The van der Waals surface area contributed by atoms with E-state index in [4.69, 9.17) is 5.73 Å². The van der Waals surface area contributed by atoms with Crippen molar-refractivity contribution in [1.82, 2.24) is 4.90 Å². The Labute approximate surface area is 150 Å². The number of fused-ring (bicyclic) bond motifs is 1. The Bertz CT molecular complexity index is 612. The lowest BCUT2D eigenvalue weighted by molar-refractivity contribution is -0.274. The monoisotopic (exact) mass is 378 g/mol. The third-order valence-corrected chi connectivity index (χ3v) is 5.07. The van der Waals surface area contributed by atoms with Crippen LogP contribution in [0.25, 0.3) is 0 Å². The number of aryl methyl sites for hydroxylation is 1. The maximum atomic E-state index is 12.4. The number of hydrogen-bond donors (Lipinski definition) is 1. The summed E-state index contributed by atoms with van der Waals surface area (Å²) in [5.41, 5.74) is 6.45. The number of amides is 1. The van der Waals surface area contributed by atoms with Crippen molar-refractivity contribution in [3.05, 3.63) is 29.8 Å². The molecule has 0 radical (unpaired) electrons. The molecule has 4 nitrogen and oxygen atoms in total. The van der Waals surface area contributed by atoms with Crippen LogP contribution in [0.2, 0.25) is 0 Å². The van der Waals surface area contributed by atoms with E-state index in [0.29, 0.717) is 23.9 Å². The topological polar surface area (TPSA) is 55.6 Å². The third kappa shape index (κ3) is 4.79. The quantitative estimate of drug-likeness (QED) is 0.875. The summed E-state index contributed by atoms with van der Waals surface area (Å²) >= 11 is 0. The van der Waals surface area contributed by atoms with Gasteiger partial charge in [-0.25, -0.2) is 0 Å². The van der Waals surface area contributed by atoms with Crippen molar-refractivity contribution in [2.24, 2.45) is 17.6 Å². The van der Waals surface area contributed by atoms with Crippen molar-refractivity contribution >= 4 is 18.3 Å². The number of ether oxygens (including phenoxy) is 1. The van der Waals surface area contributed by atoms with E-state index in [1.807, 2.05) is 4.90 Å². The Morgan fingerprint density at radius 2 is 1.96 bits per heavy atom. The molecule has 8 heteroatoms. The first-order valence-corrected chi connectivity index (χ1v) is 8.20. The first-order valence-electron chi connectivity index (χ1n) is 8.20. The van der Waals surface area contributed by atoms with E-state index in [1.54, 1.807) is 12.1 Å². The molecule has 1 aliphatic heterocycles. The van der Waals surface area contributed by atoms with Crippen molar-refractivity contribution in [3.63, 3.8) is 0 Å². The zero-order chi connectivity index (χ0) is 17.3. The fourth-order valence-corrected chi connectivity index (χ4v) is 3.85.